The van der Waals surface area contributed by atoms with Gasteiger partial charge in [-0.1, -0.05) is 17.7 Å². The standard InChI is InChI=1S/C27H24ClN3O4/c1-4-35-22-13-11-21(12-14-22)31-26(33)23(28)24(27(31)34)29-19-9-6-18(7-10-19)25(32)30-20-8-5-16(2)17(3)15-20/h5-15,29H,4H2,1-3H3,(H,30,32). The number of halogens is 1. The summed E-state index contributed by atoms with van der Waals surface area (Å²) in [6.07, 6.45) is 0. The van der Waals surface area contributed by atoms with Gasteiger partial charge in [-0.3, -0.25) is 14.4 Å². The maximum absolute atomic E-state index is 13.0. The Hall–Kier alpha value is -4.10. The van der Waals surface area contributed by atoms with Crippen LogP contribution in [0.3, 0.4) is 0 Å². The minimum absolute atomic E-state index is 0.0297. The molecular weight excluding hydrogens is 466 g/mol. The van der Waals surface area contributed by atoms with Crippen molar-refractivity contribution in [2.24, 2.45) is 0 Å². The van der Waals surface area contributed by atoms with E-state index in [9.17, 15) is 14.4 Å². The number of aryl methyl sites for hydroxylation is 2. The van der Waals surface area contributed by atoms with Crippen LogP contribution in [0.5, 0.6) is 5.75 Å². The highest BCUT2D eigenvalue weighted by Gasteiger charge is 2.39. The SMILES string of the molecule is CCOc1ccc(N2C(=O)C(Cl)=C(Nc3ccc(C(=O)Nc4ccc(C)c(C)c4)cc3)C2=O)cc1. The molecule has 0 radical (unpaired) electrons. The zero-order valence-electron chi connectivity index (χ0n) is 19.5. The van der Waals surface area contributed by atoms with Crippen LogP contribution in [0, 0.1) is 13.8 Å². The van der Waals surface area contributed by atoms with Gasteiger partial charge in [0, 0.05) is 16.9 Å². The molecule has 0 atom stereocenters. The molecule has 1 heterocycles. The van der Waals surface area contributed by atoms with Crippen LogP contribution < -0.4 is 20.3 Å². The predicted molar refractivity (Wildman–Crippen MR) is 137 cm³/mol. The van der Waals surface area contributed by atoms with E-state index in [1.54, 1.807) is 48.5 Å². The first-order chi connectivity index (χ1) is 16.8. The lowest BCUT2D eigenvalue weighted by atomic mass is 10.1. The number of ether oxygens (including phenoxy) is 1. The van der Waals surface area contributed by atoms with Crippen molar-refractivity contribution in [2.75, 3.05) is 22.1 Å². The van der Waals surface area contributed by atoms with Crippen LogP contribution in [0.15, 0.2) is 77.5 Å². The van der Waals surface area contributed by atoms with Gasteiger partial charge in [0.05, 0.1) is 12.3 Å². The normalized spacial score (nSPS) is 13.3. The van der Waals surface area contributed by atoms with E-state index < -0.39 is 11.8 Å². The minimum Gasteiger partial charge on any atom is -0.494 e. The monoisotopic (exact) mass is 489 g/mol. The molecular formula is C27H24ClN3O4. The second-order valence-electron chi connectivity index (χ2n) is 8.02. The van der Waals surface area contributed by atoms with Gasteiger partial charge in [0.1, 0.15) is 16.5 Å². The number of hydrogen-bond acceptors (Lipinski definition) is 5. The second-order valence-corrected chi connectivity index (χ2v) is 8.40. The largest absolute Gasteiger partial charge is 0.494 e. The number of carbonyl (C=O) groups excluding carboxylic acids is 3. The van der Waals surface area contributed by atoms with Crippen molar-refractivity contribution in [3.8, 4) is 5.75 Å². The lowest BCUT2D eigenvalue weighted by Crippen LogP contribution is -2.32. The summed E-state index contributed by atoms with van der Waals surface area (Å²) in [5, 5.41) is 5.57. The molecule has 3 aromatic carbocycles. The lowest BCUT2D eigenvalue weighted by molar-refractivity contribution is -0.120. The fourth-order valence-corrected chi connectivity index (χ4v) is 3.79. The Morgan fingerprint density at radius 2 is 1.54 bits per heavy atom. The Balaban J connectivity index is 1.45. The Morgan fingerprint density at radius 1 is 0.886 bits per heavy atom. The Labute approximate surface area is 208 Å². The van der Waals surface area contributed by atoms with E-state index in [2.05, 4.69) is 10.6 Å². The molecule has 35 heavy (non-hydrogen) atoms. The first-order valence-corrected chi connectivity index (χ1v) is 11.4. The fourth-order valence-electron chi connectivity index (χ4n) is 3.58. The fraction of sp³-hybridized carbons (Fsp3) is 0.148. The van der Waals surface area contributed by atoms with Crippen molar-refractivity contribution >= 4 is 46.4 Å². The maximum atomic E-state index is 13.0. The van der Waals surface area contributed by atoms with Crippen LogP contribution in [0.2, 0.25) is 0 Å². The molecule has 0 saturated heterocycles. The van der Waals surface area contributed by atoms with Gasteiger partial charge < -0.3 is 15.4 Å². The zero-order valence-corrected chi connectivity index (χ0v) is 20.3. The Kier molecular flexibility index (Phi) is 6.89. The van der Waals surface area contributed by atoms with E-state index in [4.69, 9.17) is 16.3 Å². The third kappa shape index (κ3) is 5.05. The van der Waals surface area contributed by atoms with E-state index in [1.807, 2.05) is 39.0 Å². The van der Waals surface area contributed by atoms with Crippen molar-refractivity contribution in [3.63, 3.8) is 0 Å². The van der Waals surface area contributed by atoms with Crippen molar-refractivity contribution in [1.82, 2.24) is 0 Å². The van der Waals surface area contributed by atoms with Gasteiger partial charge in [-0.25, -0.2) is 4.90 Å². The average molecular weight is 490 g/mol. The molecule has 0 aromatic heterocycles. The van der Waals surface area contributed by atoms with Crippen LogP contribution in [-0.2, 0) is 9.59 Å². The van der Waals surface area contributed by atoms with Crippen LogP contribution >= 0.6 is 11.6 Å². The number of rotatable bonds is 7. The zero-order chi connectivity index (χ0) is 25.1. The summed E-state index contributed by atoms with van der Waals surface area (Å²) < 4.78 is 5.40. The molecule has 1 aliphatic rings. The number of nitrogens with zero attached hydrogens (tertiary/aromatic N) is 1. The third-order valence-electron chi connectivity index (χ3n) is 5.61. The molecule has 4 rings (SSSR count). The van der Waals surface area contributed by atoms with Crippen molar-refractivity contribution < 1.29 is 19.1 Å². The summed E-state index contributed by atoms with van der Waals surface area (Å²) in [6.45, 7) is 6.37. The van der Waals surface area contributed by atoms with Gasteiger partial charge in [0.25, 0.3) is 17.7 Å². The second kappa shape index (κ2) is 10.0. The molecule has 0 fully saturated rings. The number of imide groups is 1. The molecule has 0 saturated carbocycles. The van der Waals surface area contributed by atoms with Crippen LogP contribution in [0.25, 0.3) is 0 Å². The minimum atomic E-state index is -0.618. The summed E-state index contributed by atoms with van der Waals surface area (Å²) in [5.74, 6) is -0.811. The number of nitrogens with one attached hydrogen (secondary N) is 2. The number of anilines is 3. The van der Waals surface area contributed by atoms with E-state index in [1.165, 1.54) is 0 Å². The van der Waals surface area contributed by atoms with E-state index in [0.29, 0.717) is 35.0 Å². The van der Waals surface area contributed by atoms with Gasteiger partial charge in [-0.15, -0.1) is 0 Å². The molecule has 178 valence electrons. The summed E-state index contributed by atoms with van der Waals surface area (Å²) in [4.78, 5) is 39.3. The Morgan fingerprint density at radius 3 is 2.17 bits per heavy atom. The molecule has 1 aliphatic heterocycles. The first-order valence-electron chi connectivity index (χ1n) is 11.1. The van der Waals surface area contributed by atoms with Gasteiger partial charge in [0.15, 0.2) is 0 Å². The summed E-state index contributed by atoms with van der Waals surface area (Å²) >= 11 is 6.21. The summed E-state index contributed by atoms with van der Waals surface area (Å²) in [5.41, 5.74) is 4.25. The van der Waals surface area contributed by atoms with Crippen molar-refractivity contribution in [1.29, 1.82) is 0 Å². The number of amides is 3. The van der Waals surface area contributed by atoms with E-state index in [-0.39, 0.29) is 16.6 Å². The summed E-state index contributed by atoms with van der Waals surface area (Å²) in [6, 6.07) is 18.9. The first kappa shape index (κ1) is 24.0. The molecule has 0 bridgehead atoms. The van der Waals surface area contributed by atoms with E-state index >= 15 is 0 Å². The van der Waals surface area contributed by atoms with Crippen molar-refractivity contribution in [3.05, 3.63) is 94.1 Å². The molecule has 3 aromatic rings. The van der Waals surface area contributed by atoms with Crippen LogP contribution in [-0.4, -0.2) is 24.3 Å². The van der Waals surface area contributed by atoms with E-state index in [0.717, 1.165) is 16.0 Å². The lowest BCUT2D eigenvalue weighted by Gasteiger charge is -2.15. The number of hydrogen-bond donors (Lipinski definition) is 2. The van der Waals surface area contributed by atoms with Gasteiger partial charge >= 0.3 is 0 Å². The van der Waals surface area contributed by atoms with Gasteiger partial charge in [-0.05, 0) is 92.6 Å². The predicted octanol–water partition coefficient (Wildman–Crippen LogP) is 5.39. The molecule has 7 nitrogen and oxygen atoms in total. The highest BCUT2D eigenvalue weighted by molar-refractivity contribution is 6.53. The van der Waals surface area contributed by atoms with Gasteiger partial charge in [-0.2, -0.15) is 0 Å². The molecule has 0 spiro atoms. The summed E-state index contributed by atoms with van der Waals surface area (Å²) in [7, 11) is 0. The maximum Gasteiger partial charge on any atom is 0.283 e. The smallest absolute Gasteiger partial charge is 0.283 e. The highest BCUT2D eigenvalue weighted by Crippen LogP contribution is 2.31. The number of benzene rings is 3. The topological polar surface area (TPSA) is 87.7 Å². The average Bonchev–Trinajstić information content (AvgIpc) is 3.05. The van der Waals surface area contributed by atoms with Gasteiger partial charge in [0.2, 0.25) is 0 Å². The van der Waals surface area contributed by atoms with Crippen molar-refractivity contribution in [2.45, 2.75) is 20.8 Å². The third-order valence-corrected chi connectivity index (χ3v) is 5.97. The van der Waals surface area contributed by atoms with Crippen LogP contribution in [0.1, 0.15) is 28.4 Å². The molecule has 0 unspecified atom stereocenters. The molecule has 2 N–H and O–H groups in total. The molecule has 3 amide bonds. The molecule has 8 heteroatoms. The quantitative estimate of drug-likeness (QED) is 0.434. The Bertz CT molecular complexity index is 1330. The van der Waals surface area contributed by atoms with Crippen LogP contribution in [0.4, 0.5) is 17.1 Å². The number of carbonyl (C=O) groups is 3. The highest BCUT2D eigenvalue weighted by atomic mass is 35.5. The molecule has 0 aliphatic carbocycles.